The van der Waals surface area contributed by atoms with Gasteiger partial charge in [0.25, 0.3) is 11.8 Å². The molecule has 2 aromatic rings. The number of aliphatic carboxylic acids is 1. The third kappa shape index (κ3) is 5.84. The largest absolute Gasteiger partial charge is 0.490 e. The molecule has 0 radical (unpaired) electrons. The van der Waals surface area contributed by atoms with Crippen molar-refractivity contribution in [2.75, 3.05) is 20.1 Å². The Balaban J connectivity index is 0.000000451. The molecule has 2 saturated heterocycles. The van der Waals surface area contributed by atoms with E-state index in [4.69, 9.17) is 9.90 Å². The van der Waals surface area contributed by atoms with Crippen LogP contribution in [0.4, 0.5) is 13.2 Å². The molecule has 0 bridgehead atoms. The molecule has 42 heavy (non-hydrogen) atoms. The van der Waals surface area contributed by atoms with Crippen LogP contribution < -0.4 is 10.6 Å². The molecule has 1 saturated carbocycles. The number of likely N-dealkylation sites (tertiary alicyclic amines) is 1. The lowest BCUT2D eigenvalue weighted by atomic mass is 9.98. The monoisotopic (exact) mass is 591 g/mol. The summed E-state index contributed by atoms with van der Waals surface area (Å²) in [6.07, 6.45) is -0.866. The number of carbonyl (C=O) groups excluding carboxylic acids is 4. The number of nitrogens with zero attached hydrogens (tertiary/aromatic N) is 5. The molecule has 3 aliphatic heterocycles. The number of fused-ring (bicyclic) bond motifs is 2. The Morgan fingerprint density at radius 1 is 1.12 bits per heavy atom. The van der Waals surface area contributed by atoms with E-state index in [0.29, 0.717) is 36.1 Å². The summed E-state index contributed by atoms with van der Waals surface area (Å²) in [5.41, 5.74) is 2.12. The van der Waals surface area contributed by atoms with Crippen molar-refractivity contribution in [3.63, 3.8) is 0 Å². The Morgan fingerprint density at radius 2 is 1.86 bits per heavy atom. The van der Waals surface area contributed by atoms with Crippen LogP contribution >= 0.6 is 0 Å². The van der Waals surface area contributed by atoms with Gasteiger partial charge in [0.15, 0.2) is 5.69 Å². The van der Waals surface area contributed by atoms with Gasteiger partial charge < -0.3 is 20.2 Å². The maximum absolute atomic E-state index is 13.1. The van der Waals surface area contributed by atoms with Crippen LogP contribution in [0.1, 0.15) is 52.1 Å². The van der Waals surface area contributed by atoms with Gasteiger partial charge in [-0.15, -0.1) is 5.10 Å². The summed E-state index contributed by atoms with van der Waals surface area (Å²) in [6.45, 7) is 2.40. The van der Waals surface area contributed by atoms with Gasteiger partial charge in [-0.25, -0.2) is 9.48 Å². The van der Waals surface area contributed by atoms with Gasteiger partial charge in [-0.05, 0) is 55.8 Å². The quantitative estimate of drug-likeness (QED) is 0.435. The molecule has 4 aliphatic rings. The van der Waals surface area contributed by atoms with Gasteiger partial charge in [-0.3, -0.25) is 24.5 Å². The number of amides is 4. The second-order valence-corrected chi connectivity index (χ2v) is 10.9. The van der Waals surface area contributed by atoms with Crippen molar-refractivity contribution in [3.8, 4) is 5.69 Å². The van der Waals surface area contributed by atoms with E-state index in [0.717, 1.165) is 31.5 Å². The molecule has 224 valence electrons. The molecule has 13 nitrogen and oxygen atoms in total. The SMILES string of the molecule is CN1CC2CCC(NC(=O)c3cn(-c4ccc5c(c4)C(=O)N(C4CCC(=O)NC4=O)C5)nn3)C2C1.O=C(O)C(F)(F)F. The van der Waals surface area contributed by atoms with Crippen molar-refractivity contribution in [2.24, 2.45) is 11.8 Å². The predicted molar refractivity (Wildman–Crippen MR) is 136 cm³/mol. The van der Waals surface area contributed by atoms with Crippen LogP contribution in [-0.2, 0) is 20.9 Å². The normalized spacial score (nSPS) is 25.4. The molecule has 4 heterocycles. The third-order valence-electron chi connectivity index (χ3n) is 8.10. The first-order chi connectivity index (χ1) is 19.8. The minimum absolute atomic E-state index is 0.151. The number of carbonyl (C=O) groups is 5. The maximum atomic E-state index is 13.1. The van der Waals surface area contributed by atoms with Gasteiger partial charge in [-0.2, -0.15) is 13.2 Å². The average molecular weight is 592 g/mol. The summed E-state index contributed by atoms with van der Waals surface area (Å²) < 4.78 is 33.2. The first-order valence-corrected chi connectivity index (χ1v) is 13.3. The number of imide groups is 1. The highest BCUT2D eigenvalue weighted by molar-refractivity contribution is 6.05. The van der Waals surface area contributed by atoms with Crippen molar-refractivity contribution in [3.05, 3.63) is 41.2 Å². The number of carboxylic acid groups (broad SMARTS) is 1. The first-order valence-electron chi connectivity index (χ1n) is 13.3. The van der Waals surface area contributed by atoms with Crippen LogP contribution in [0.15, 0.2) is 24.4 Å². The first kappa shape index (κ1) is 29.2. The van der Waals surface area contributed by atoms with Crippen LogP contribution in [0.2, 0.25) is 0 Å². The Morgan fingerprint density at radius 3 is 2.55 bits per heavy atom. The zero-order chi connectivity index (χ0) is 30.3. The van der Waals surface area contributed by atoms with Gasteiger partial charge in [-0.1, -0.05) is 11.3 Å². The molecule has 6 rings (SSSR count). The number of carboxylic acids is 1. The molecular weight excluding hydrogens is 563 g/mol. The Labute approximate surface area is 237 Å². The Bertz CT molecular complexity index is 1440. The maximum Gasteiger partial charge on any atom is 0.490 e. The highest BCUT2D eigenvalue weighted by Crippen LogP contribution is 2.37. The molecule has 1 aliphatic carbocycles. The number of halogens is 3. The molecule has 1 aromatic heterocycles. The Hall–Kier alpha value is -4.34. The minimum Gasteiger partial charge on any atom is -0.475 e. The average Bonchev–Trinajstić information content (AvgIpc) is 3.69. The fraction of sp³-hybridized carbons (Fsp3) is 0.500. The van der Waals surface area contributed by atoms with E-state index in [1.807, 2.05) is 12.1 Å². The summed E-state index contributed by atoms with van der Waals surface area (Å²) >= 11 is 0. The van der Waals surface area contributed by atoms with Crippen molar-refractivity contribution in [2.45, 2.75) is 50.5 Å². The van der Waals surface area contributed by atoms with Crippen LogP contribution in [0, 0.1) is 11.8 Å². The summed E-state index contributed by atoms with van der Waals surface area (Å²) in [7, 11) is 2.12. The summed E-state index contributed by atoms with van der Waals surface area (Å²) in [5, 5.41) is 20.8. The second-order valence-electron chi connectivity index (χ2n) is 10.9. The predicted octanol–water partition coefficient (Wildman–Crippen LogP) is 0.732. The molecule has 3 fully saturated rings. The summed E-state index contributed by atoms with van der Waals surface area (Å²) in [4.78, 5) is 62.4. The second kappa shape index (κ2) is 11.2. The standard InChI is InChI=1S/C24H27N7O4.C2HF3O2/c1-29-9-13-3-5-18(17(13)11-29)25-22(33)19-12-31(28-27-19)15-4-2-14-10-30(24(35)16(14)8-15)20-6-7-21(32)26-23(20)34;3-2(4,5)1(6)7/h2,4,8,12-13,17-18,20H,3,5-7,9-11H2,1H3,(H,25,33)(H,26,32,34);(H,6,7). The van der Waals surface area contributed by atoms with Gasteiger partial charge in [0.1, 0.15) is 6.04 Å². The van der Waals surface area contributed by atoms with Gasteiger partial charge >= 0.3 is 12.1 Å². The molecule has 16 heteroatoms. The number of hydrogen-bond acceptors (Lipinski definition) is 8. The molecule has 0 spiro atoms. The number of alkyl halides is 3. The van der Waals surface area contributed by atoms with E-state index < -0.39 is 24.1 Å². The summed E-state index contributed by atoms with van der Waals surface area (Å²) in [5.74, 6) is -2.88. The number of rotatable bonds is 4. The molecule has 4 atom stereocenters. The lowest BCUT2D eigenvalue weighted by molar-refractivity contribution is -0.192. The van der Waals surface area contributed by atoms with Crippen molar-refractivity contribution in [1.29, 1.82) is 0 Å². The lowest BCUT2D eigenvalue weighted by Gasteiger charge is -2.29. The Kier molecular flexibility index (Phi) is 7.74. The molecule has 3 N–H and O–H groups in total. The zero-order valence-electron chi connectivity index (χ0n) is 22.4. The molecule has 1 aromatic carbocycles. The highest BCUT2D eigenvalue weighted by atomic mass is 19.4. The number of piperidine rings is 1. The molecular formula is C26H28F3N7O6. The van der Waals surface area contributed by atoms with Crippen molar-refractivity contribution in [1.82, 2.24) is 35.4 Å². The fourth-order valence-corrected chi connectivity index (χ4v) is 6.09. The smallest absolute Gasteiger partial charge is 0.475 e. The van der Waals surface area contributed by atoms with E-state index in [2.05, 4.69) is 32.9 Å². The van der Waals surface area contributed by atoms with E-state index in [1.165, 1.54) is 9.58 Å². The number of hydrogen-bond donors (Lipinski definition) is 3. The van der Waals surface area contributed by atoms with Crippen LogP contribution in [0.25, 0.3) is 5.69 Å². The van der Waals surface area contributed by atoms with Crippen LogP contribution in [-0.4, -0.2) is 97.9 Å². The van der Waals surface area contributed by atoms with E-state index in [1.54, 1.807) is 12.3 Å². The number of benzene rings is 1. The molecule has 4 unspecified atom stereocenters. The van der Waals surface area contributed by atoms with Crippen LogP contribution in [0.5, 0.6) is 0 Å². The number of aromatic nitrogens is 3. The minimum atomic E-state index is -5.08. The van der Waals surface area contributed by atoms with E-state index in [9.17, 15) is 32.3 Å². The van der Waals surface area contributed by atoms with Gasteiger partial charge in [0, 0.05) is 37.7 Å². The fourth-order valence-electron chi connectivity index (χ4n) is 6.09. The lowest BCUT2D eigenvalue weighted by Crippen LogP contribution is -2.52. The van der Waals surface area contributed by atoms with Crippen molar-refractivity contribution < 1.29 is 42.3 Å². The van der Waals surface area contributed by atoms with E-state index >= 15 is 0 Å². The topological polar surface area (TPSA) is 167 Å². The summed E-state index contributed by atoms with van der Waals surface area (Å²) in [6, 6.07) is 4.83. The number of nitrogens with one attached hydrogen (secondary N) is 2. The van der Waals surface area contributed by atoms with E-state index in [-0.39, 0.29) is 35.9 Å². The van der Waals surface area contributed by atoms with Gasteiger partial charge in [0.2, 0.25) is 11.8 Å². The zero-order valence-corrected chi connectivity index (χ0v) is 22.4. The third-order valence-corrected chi connectivity index (χ3v) is 8.10. The van der Waals surface area contributed by atoms with Gasteiger partial charge in [0.05, 0.1) is 11.9 Å². The van der Waals surface area contributed by atoms with Crippen molar-refractivity contribution >= 4 is 29.6 Å². The van der Waals surface area contributed by atoms with Crippen LogP contribution in [0.3, 0.4) is 0 Å². The highest BCUT2D eigenvalue weighted by Gasteiger charge is 2.42. The molecule has 4 amide bonds.